The zero-order valence-electron chi connectivity index (χ0n) is 12.9. The minimum Gasteiger partial charge on any atom is -0.489 e. The van der Waals surface area contributed by atoms with Gasteiger partial charge in [0.1, 0.15) is 12.4 Å². The molecule has 0 amide bonds. The molecule has 0 spiro atoms. The second-order valence-corrected chi connectivity index (χ2v) is 5.16. The zero-order valence-corrected chi connectivity index (χ0v) is 12.9. The molecule has 2 N–H and O–H groups in total. The van der Waals surface area contributed by atoms with Gasteiger partial charge in [-0.3, -0.25) is 0 Å². The lowest BCUT2D eigenvalue weighted by Crippen LogP contribution is -2.20. The maximum atomic E-state index is 5.95. The summed E-state index contributed by atoms with van der Waals surface area (Å²) in [6.07, 6.45) is 2.30. The molecule has 6 nitrogen and oxygen atoms in total. The van der Waals surface area contributed by atoms with Crippen molar-refractivity contribution in [2.45, 2.75) is 12.5 Å². The summed E-state index contributed by atoms with van der Waals surface area (Å²) in [6, 6.07) is 11.6. The molecule has 2 aromatic rings. The van der Waals surface area contributed by atoms with Crippen LogP contribution in [0.25, 0.3) is 11.1 Å². The molecule has 0 saturated carbocycles. The Balaban J connectivity index is 1.76. The van der Waals surface area contributed by atoms with E-state index in [0.29, 0.717) is 25.5 Å². The van der Waals surface area contributed by atoms with Crippen molar-refractivity contribution in [3.05, 3.63) is 42.6 Å². The Morgan fingerprint density at radius 1 is 1.22 bits per heavy atom. The predicted molar refractivity (Wildman–Crippen MR) is 87.7 cm³/mol. The number of aromatic nitrogens is 1. The van der Waals surface area contributed by atoms with E-state index >= 15 is 0 Å². The third-order valence-electron chi connectivity index (χ3n) is 3.60. The van der Waals surface area contributed by atoms with E-state index in [2.05, 4.69) is 10.1 Å². The lowest BCUT2D eigenvalue weighted by Gasteiger charge is -2.15. The number of rotatable bonds is 6. The fourth-order valence-corrected chi connectivity index (χ4v) is 2.45. The summed E-state index contributed by atoms with van der Waals surface area (Å²) in [5.74, 6) is 1.32. The molecule has 2 heterocycles. The SMILES string of the molecule is COc1ncccc1-c1ccccc1OCC1CC(CN)=NO1. The first-order valence-corrected chi connectivity index (χ1v) is 7.44. The minimum absolute atomic E-state index is 0.0996. The van der Waals surface area contributed by atoms with Crippen LogP contribution in [0.1, 0.15) is 6.42 Å². The second kappa shape index (κ2) is 7.11. The minimum atomic E-state index is -0.0996. The highest BCUT2D eigenvalue weighted by molar-refractivity contribution is 5.87. The molecule has 1 aromatic heterocycles. The highest BCUT2D eigenvalue weighted by atomic mass is 16.7. The smallest absolute Gasteiger partial charge is 0.221 e. The molecule has 1 aliphatic heterocycles. The molecule has 0 bridgehead atoms. The van der Waals surface area contributed by atoms with Gasteiger partial charge in [0, 0.05) is 30.3 Å². The number of nitrogens with two attached hydrogens (primary N) is 1. The van der Waals surface area contributed by atoms with Crippen LogP contribution >= 0.6 is 0 Å². The highest BCUT2D eigenvalue weighted by Crippen LogP contribution is 2.35. The summed E-state index contributed by atoms with van der Waals surface area (Å²) in [5, 5.41) is 3.94. The number of methoxy groups -OCH3 is 1. The van der Waals surface area contributed by atoms with Gasteiger partial charge >= 0.3 is 0 Å². The predicted octanol–water partition coefficient (Wildman–Crippen LogP) is 2.24. The Kier molecular flexibility index (Phi) is 4.73. The molecule has 1 aliphatic rings. The summed E-state index contributed by atoms with van der Waals surface area (Å²) >= 11 is 0. The Bertz CT molecular complexity index is 703. The third kappa shape index (κ3) is 3.43. The van der Waals surface area contributed by atoms with E-state index in [9.17, 15) is 0 Å². The van der Waals surface area contributed by atoms with Crippen LogP contribution in [0, 0.1) is 0 Å². The Morgan fingerprint density at radius 3 is 2.83 bits per heavy atom. The molecule has 1 atom stereocenters. The normalized spacial score (nSPS) is 16.6. The van der Waals surface area contributed by atoms with Crippen molar-refractivity contribution >= 4 is 5.71 Å². The second-order valence-electron chi connectivity index (χ2n) is 5.16. The number of hydrogen-bond acceptors (Lipinski definition) is 6. The molecule has 6 heteroatoms. The fourth-order valence-electron chi connectivity index (χ4n) is 2.45. The number of benzene rings is 1. The number of oxime groups is 1. The Hall–Kier alpha value is -2.60. The number of nitrogens with zero attached hydrogens (tertiary/aromatic N) is 2. The van der Waals surface area contributed by atoms with Crippen LogP contribution < -0.4 is 15.2 Å². The van der Waals surface area contributed by atoms with Crippen molar-refractivity contribution in [2.24, 2.45) is 10.9 Å². The van der Waals surface area contributed by atoms with Crippen molar-refractivity contribution in [3.63, 3.8) is 0 Å². The van der Waals surface area contributed by atoms with Gasteiger partial charge in [-0.05, 0) is 18.2 Å². The van der Waals surface area contributed by atoms with Crippen LogP contribution in [-0.4, -0.2) is 37.1 Å². The van der Waals surface area contributed by atoms with Crippen molar-refractivity contribution in [1.29, 1.82) is 0 Å². The zero-order chi connectivity index (χ0) is 16.1. The summed E-state index contributed by atoms with van der Waals surface area (Å²) in [4.78, 5) is 9.55. The average Bonchev–Trinajstić information content (AvgIpc) is 3.08. The van der Waals surface area contributed by atoms with Crippen LogP contribution in [0.3, 0.4) is 0 Å². The van der Waals surface area contributed by atoms with E-state index in [4.69, 9.17) is 20.0 Å². The Morgan fingerprint density at radius 2 is 2.04 bits per heavy atom. The summed E-state index contributed by atoms with van der Waals surface area (Å²) in [5.41, 5.74) is 8.24. The van der Waals surface area contributed by atoms with Gasteiger partial charge in [-0.1, -0.05) is 23.4 Å². The molecular weight excluding hydrogens is 294 g/mol. The molecule has 0 aliphatic carbocycles. The number of pyridine rings is 1. The highest BCUT2D eigenvalue weighted by Gasteiger charge is 2.21. The lowest BCUT2D eigenvalue weighted by molar-refractivity contribution is 0.0472. The lowest BCUT2D eigenvalue weighted by atomic mass is 10.1. The van der Waals surface area contributed by atoms with Gasteiger partial charge in [0.25, 0.3) is 0 Å². The molecule has 0 fully saturated rings. The Labute approximate surface area is 134 Å². The van der Waals surface area contributed by atoms with Gasteiger partial charge in [-0.25, -0.2) is 4.98 Å². The van der Waals surface area contributed by atoms with E-state index in [1.807, 2.05) is 36.4 Å². The maximum Gasteiger partial charge on any atom is 0.221 e. The molecule has 120 valence electrons. The topological polar surface area (TPSA) is 79.0 Å². The standard InChI is InChI=1S/C17H19N3O3/c1-21-17-15(6-4-8-19-17)14-5-2-3-7-16(14)22-11-13-9-12(10-18)20-23-13/h2-8,13H,9-11,18H2,1H3. The van der Waals surface area contributed by atoms with Crippen LogP contribution in [0.5, 0.6) is 11.6 Å². The first kappa shape index (κ1) is 15.3. The number of hydrogen-bond donors (Lipinski definition) is 1. The number of ether oxygens (including phenoxy) is 2. The third-order valence-corrected chi connectivity index (χ3v) is 3.60. The quantitative estimate of drug-likeness (QED) is 0.885. The molecule has 3 rings (SSSR count). The maximum absolute atomic E-state index is 5.95. The van der Waals surface area contributed by atoms with Gasteiger partial charge in [-0.2, -0.15) is 0 Å². The molecule has 1 aromatic carbocycles. The van der Waals surface area contributed by atoms with E-state index in [1.54, 1.807) is 13.3 Å². The van der Waals surface area contributed by atoms with Gasteiger partial charge < -0.3 is 20.0 Å². The fraction of sp³-hybridized carbons (Fsp3) is 0.294. The van der Waals surface area contributed by atoms with Crippen molar-refractivity contribution in [1.82, 2.24) is 4.98 Å². The van der Waals surface area contributed by atoms with Crippen molar-refractivity contribution in [3.8, 4) is 22.8 Å². The molecule has 0 radical (unpaired) electrons. The van der Waals surface area contributed by atoms with E-state index in [-0.39, 0.29) is 6.10 Å². The van der Waals surface area contributed by atoms with Crippen LogP contribution in [0.2, 0.25) is 0 Å². The largest absolute Gasteiger partial charge is 0.489 e. The van der Waals surface area contributed by atoms with Crippen molar-refractivity contribution in [2.75, 3.05) is 20.3 Å². The first-order valence-electron chi connectivity index (χ1n) is 7.44. The van der Waals surface area contributed by atoms with E-state index < -0.39 is 0 Å². The monoisotopic (exact) mass is 313 g/mol. The average molecular weight is 313 g/mol. The van der Waals surface area contributed by atoms with Crippen LogP contribution in [0.4, 0.5) is 0 Å². The molecule has 23 heavy (non-hydrogen) atoms. The van der Waals surface area contributed by atoms with E-state index in [1.165, 1.54) is 0 Å². The van der Waals surface area contributed by atoms with Gasteiger partial charge in [0.15, 0.2) is 6.10 Å². The van der Waals surface area contributed by atoms with Gasteiger partial charge in [0.2, 0.25) is 5.88 Å². The summed E-state index contributed by atoms with van der Waals surface area (Å²) in [7, 11) is 1.60. The van der Waals surface area contributed by atoms with E-state index in [0.717, 1.165) is 22.6 Å². The van der Waals surface area contributed by atoms with Crippen LogP contribution in [0.15, 0.2) is 47.8 Å². The van der Waals surface area contributed by atoms with Gasteiger partial charge in [-0.15, -0.1) is 0 Å². The summed E-state index contributed by atoms with van der Waals surface area (Å²) in [6.45, 7) is 0.826. The first-order chi connectivity index (χ1) is 11.3. The van der Waals surface area contributed by atoms with Crippen molar-refractivity contribution < 1.29 is 14.3 Å². The summed E-state index contributed by atoms with van der Waals surface area (Å²) < 4.78 is 11.3. The van der Waals surface area contributed by atoms with Crippen LogP contribution in [-0.2, 0) is 4.84 Å². The molecule has 0 saturated heterocycles. The number of para-hydroxylation sites is 1. The molecule has 1 unspecified atom stereocenters. The van der Waals surface area contributed by atoms with Gasteiger partial charge in [0.05, 0.1) is 12.8 Å². The molecular formula is C17H19N3O3.